The SMILES string of the molecule is Cc1ccc(C)c(NC(=O)COC(=O)Cc2cccc3ccccc23)c1. The van der Waals surface area contributed by atoms with Gasteiger partial charge in [0.1, 0.15) is 0 Å². The average Bonchev–Trinajstić information content (AvgIpc) is 2.63. The molecule has 1 amide bonds. The maximum atomic E-state index is 12.1. The van der Waals surface area contributed by atoms with Crippen LogP contribution in [-0.2, 0) is 20.7 Å². The van der Waals surface area contributed by atoms with E-state index in [2.05, 4.69) is 5.32 Å². The van der Waals surface area contributed by atoms with Gasteiger partial charge in [-0.05, 0) is 47.4 Å². The molecular weight excluding hydrogens is 326 g/mol. The monoisotopic (exact) mass is 347 g/mol. The minimum absolute atomic E-state index is 0.137. The number of hydrogen-bond acceptors (Lipinski definition) is 3. The number of hydrogen-bond donors (Lipinski definition) is 1. The van der Waals surface area contributed by atoms with E-state index in [1.165, 1.54) is 0 Å². The van der Waals surface area contributed by atoms with Gasteiger partial charge in [-0.25, -0.2) is 0 Å². The predicted molar refractivity (Wildman–Crippen MR) is 103 cm³/mol. The molecule has 0 aromatic heterocycles. The highest BCUT2D eigenvalue weighted by Gasteiger charge is 2.11. The normalized spacial score (nSPS) is 10.5. The lowest BCUT2D eigenvalue weighted by atomic mass is 10.0. The number of ether oxygens (including phenoxy) is 1. The van der Waals surface area contributed by atoms with Gasteiger partial charge in [0.15, 0.2) is 6.61 Å². The summed E-state index contributed by atoms with van der Waals surface area (Å²) >= 11 is 0. The molecule has 3 aromatic rings. The first-order chi connectivity index (χ1) is 12.5. The molecule has 3 aromatic carbocycles. The smallest absolute Gasteiger partial charge is 0.310 e. The zero-order chi connectivity index (χ0) is 18.5. The maximum absolute atomic E-state index is 12.1. The quantitative estimate of drug-likeness (QED) is 0.705. The average molecular weight is 347 g/mol. The fourth-order valence-electron chi connectivity index (χ4n) is 2.86. The van der Waals surface area contributed by atoms with Crippen molar-refractivity contribution in [2.75, 3.05) is 11.9 Å². The molecule has 0 spiro atoms. The van der Waals surface area contributed by atoms with Gasteiger partial charge in [-0.3, -0.25) is 9.59 Å². The Labute approximate surface area is 152 Å². The first-order valence-corrected chi connectivity index (χ1v) is 8.52. The Morgan fingerprint density at radius 3 is 2.58 bits per heavy atom. The summed E-state index contributed by atoms with van der Waals surface area (Å²) in [4.78, 5) is 24.2. The second-order valence-electron chi connectivity index (χ2n) is 6.34. The number of esters is 1. The highest BCUT2D eigenvalue weighted by Crippen LogP contribution is 2.19. The number of benzene rings is 3. The molecule has 1 N–H and O–H groups in total. The number of fused-ring (bicyclic) bond motifs is 1. The van der Waals surface area contributed by atoms with Gasteiger partial charge in [0, 0.05) is 5.69 Å². The molecular formula is C22H21NO3. The van der Waals surface area contributed by atoms with E-state index in [-0.39, 0.29) is 18.9 Å². The fourth-order valence-corrected chi connectivity index (χ4v) is 2.86. The lowest BCUT2D eigenvalue weighted by Crippen LogP contribution is -2.22. The molecule has 0 saturated heterocycles. The first-order valence-electron chi connectivity index (χ1n) is 8.52. The highest BCUT2D eigenvalue weighted by molar-refractivity contribution is 5.94. The maximum Gasteiger partial charge on any atom is 0.310 e. The van der Waals surface area contributed by atoms with Gasteiger partial charge in [-0.1, -0.05) is 54.6 Å². The van der Waals surface area contributed by atoms with E-state index < -0.39 is 5.97 Å². The summed E-state index contributed by atoms with van der Waals surface area (Å²) < 4.78 is 5.15. The summed E-state index contributed by atoms with van der Waals surface area (Å²) in [6, 6.07) is 19.5. The van der Waals surface area contributed by atoms with E-state index in [0.717, 1.165) is 33.2 Å². The lowest BCUT2D eigenvalue weighted by molar-refractivity contribution is -0.146. The van der Waals surface area contributed by atoms with E-state index in [1.54, 1.807) is 0 Å². The predicted octanol–water partition coefficient (Wildman–Crippen LogP) is 4.18. The zero-order valence-electron chi connectivity index (χ0n) is 14.9. The van der Waals surface area contributed by atoms with Crippen LogP contribution in [0.2, 0.25) is 0 Å². The molecule has 132 valence electrons. The second kappa shape index (κ2) is 7.83. The molecule has 0 aliphatic carbocycles. The topological polar surface area (TPSA) is 55.4 Å². The lowest BCUT2D eigenvalue weighted by Gasteiger charge is -2.10. The zero-order valence-corrected chi connectivity index (χ0v) is 14.9. The van der Waals surface area contributed by atoms with Crippen LogP contribution in [0, 0.1) is 13.8 Å². The molecule has 4 nitrogen and oxygen atoms in total. The molecule has 0 aliphatic rings. The Balaban J connectivity index is 1.58. The van der Waals surface area contributed by atoms with Crippen LogP contribution in [0.5, 0.6) is 0 Å². The Morgan fingerprint density at radius 1 is 0.962 bits per heavy atom. The van der Waals surface area contributed by atoms with Crippen molar-refractivity contribution in [3.8, 4) is 0 Å². The first kappa shape index (κ1) is 17.7. The van der Waals surface area contributed by atoms with Gasteiger partial charge < -0.3 is 10.1 Å². The van der Waals surface area contributed by atoms with E-state index in [1.807, 2.05) is 74.5 Å². The van der Waals surface area contributed by atoms with Crippen molar-refractivity contribution < 1.29 is 14.3 Å². The number of amides is 1. The van der Waals surface area contributed by atoms with Gasteiger partial charge >= 0.3 is 5.97 Å². The van der Waals surface area contributed by atoms with Gasteiger partial charge in [-0.2, -0.15) is 0 Å². The largest absolute Gasteiger partial charge is 0.455 e. The van der Waals surface area contributed by atoms with Crippen LogP contribution in [0.3, 0.4) is 0 Å². The summed E-state index contributed by atoms with van der Waals surface area (Å²) in [7, 11) is 0. The molecule has 3 rings (SSSR count). The van der Waals surface area contributed by atoms with Crippen LogP contribution in [0.25, 0.3) is 10.8 Å². The van der Waals surface area contributed by atoms with Crippen LogP contribution >= 0.6 is 0 Å². The van der Waals surface area contributed by atoms with E-state index in [0.29, 0.717) is 0 Å². The minimum Gasteiger partial charge on any atom is -0.455 e. The summed E-state index contributed by atoms with van der Waals surface area (Å²) in [5.74, 6) is -0.762. The van der Waals surface area contributed by atoms with Crippen molar-refractivity contribution in [2.45, 2.75) is 20.3 Å². The molecule has 26 heavy (non-hydrogen) atoms. The van der Waals surface area contributed by atoms with Crippen molar-refractivity contribution in [3.05, 3.63) is 77.4 Å². The van der Waals surface area contributed by atoms with Crippen LogP contribution < -0.4 is 5.32 Å². The molecule has 0 unspecified atom stereocenters. The van der Waals surface area contributed by atoms with Crippen molar-refractivity contribution in [1.82, 2.24) is 0 Å². The molecule has 0 atom stereocenters. The van der Waals surface area contributed by atoms with Gasteiger partial charge in [-0.15, -0.1) is 0 Å². The molecule has 0 bridgehead atoms. The Kier molecular flexibility index (Phi) is 5.32. The van der Waals surface area contributed by atoms with Crippen molar-refractivity contribution in [1.29, 1.82) is 0 Å². The van der Waals surface area contributed by atoms with E-state index in [4.69, 9.17) is 4.74 Å². The molecule has 0 aliphatic heterocycles. The summed E-state index contributed by atoms with van der Waals surface area (Å²) in [6.07, 6.45) is 0.137. The Hall–Kier alpha value is -3.14. The number of aryl methyl sites for hydroxylation is 2. The van der Waals surface area contributed by atoms with E-state index in [9.17, 15) is 9.59 Å². The molecule has 4 heteroatoms. The van der Waals surface area contributed by atoms with Crippen molar-refractivity contribution in [3.63, 3.8) is 0 Å². The molecule has 0 radical (unpaired) electrons. The van der Waals surface area contributed by atoms with Crippen LogP contribution in [0.15, 0.2) is 60.7 Å². The standard InChI is InChI=1S/C22H21NO3/c1-15-10-11-16(2)20(12-15)23-21(24)14-26-22(25)13-18-8-5-7-17-6-3-4-9-19(17)18/h3-12H,13-14H2,1-2H3,(H,23,24). The fraction of sp³-hybridized carbons (Fsp3) is 0.182. The second-order valence-corrected chi connectivity index (χ2v) is 6.34. The van der Waals surface area contributed by atoms with Crippen molar-refractivity contribution in [2.24, 2.45) is 0 Å². The summed E-state index contributed by atoms with van der Waals surface area (Å²) in [6.45, 7) is 3.58. The van der Waals surface area contributed by atoms with Gasteiger partial charge in [0.2, 0.25) is 0 Å². The molecule has 0 fully saturated rings. The van der Waals surface area contributed by atoms with E-state index >= 15 is 0 Å². The number of carbonyl (C=O) groups excluding carboxylic acids is 2. The summed E-state index contributed by atoms with van der Waals surface area (Å²) in [5, 5.41) is 4.88. The minimum atomic E-state index is -0.419. The van der Waals surface area contributed by atoms with Crippen LogP contribution in [0.1, 0.15) is 16.7 Å². The van der Waals surface area contributed by atoms with Crippen LogP contribution in [-0.4, -0.2) is 18.5 Å². The van der Waals surface area contributed by atoms with Crippen LogP contribution in [0.4, 0.5) is 5.69 Å². The summed E-state index contributed by atoms with van der Waals surface area (Å²) in [5.41, 5.74) is 3.65. The number of carbonyl (C=O) groups is 2. The highest BCUT2D eigenvalue weighted by atomic mass is 16.5. The Bertz CT molecular complexity index is 957. The third kappa shape index (κ3) is 4.28. The Morgan fingerprint density at radius 2 is 1.73 bits per heavy atom. The number of rotatable bonds is 5. The van der Waals surface area contributed by atoms with Gasteiger partial charge in [0.05, 0.1) is 6.42 Å². The van der Waals surface area contributed by atoms with Crippen molar-refractivity contribution >= 4 is 28.3 Å². The molecule has 0 heterocycles. The third-order valence-corrected chi connectivity index (χ3v) is 4.25. The van der Waals surface area contributed by atoms with Gasteiger partial charge in [0.25, 0.3) is 5.91 Å². The third-order valence-electron chi connectivity index (χ3n) is 4.25. The number of anilines is 1. The molecule has 0 saturated carbocycles. The number of nitrogens with one attached hydrogen (secondary N) is 1.